The van der Waals surface area contributed by atoms with Crippen molar-refractivity contribution in [1.29, 1.82) is 0 Å². The molecule has 0 aliphatic heterocycles. The van der Waals surface area contributed by atoms with Gasteiger partial charge < -0.3 is 5.32 Å². The lowest BCUT2D eigenvalue weighted by atomic mass is 10.1. The highest BCUT2D eigenvalue weighted by Gasteiger charge is 2.04. The first-order valence-corrected chi connectivity index (χ1v) is 2.98. The predicted octanol–water partition coefficient (Wildman–Crippen LogP) is 0.224. The Kier molecular flexibility index (Phi) is 3.01. The maximum absolute atomic E-state index is 2.24. The molecule has 7 heavy (non-hydrogen) atoms. The number of hydrogen-bond acceptors (Lipinski definition) is 0. The van der Waals surface area contributed by atoms with Crippen LogP contribution in [0.2, 0.25) is 0 Å². The van der Waals surface area contributed by atoms with E-state index in [-0.39, 0.29) is 0 Å². The van der Waals surface area contributed by atoms with Gasteiger partial charge in [0.2, 0.25) is 0 Å². The fourth-order valence-corrected chi connectivity index (χ4v) is 0.385. The van der Waals surface area contributed by atoms with Crippen LogP contribution >= 0.6 is 0 Å². The van der Waals surface area contributed by atoms with Gasteiger partial charge in [-0.1, -0.05) is 13.8 Å². The van der Waals surface area contributed by atoms with E-state index in [4.69, 9.17) is 0 Å². The molecule has 1 atom stereocenters. The lowest BCUT2D eigenvalue weighted by molar-refractivity contribution is -0.666. The zero-order valence-corrected chi connectivity index (χ0v) is 5.73. The van der Waals surface area contributed by atoms with E-state index in [1.165, 1.54) is 0 Å². The molecule has 0 fully saturated rings. The molecule has 2 N–H and O–H groups in total. The van der Waals surface area contributed by atoms with E-state index in [2.05, 4.69) is 33.1 Å². The first-order chi connectivity index (χ1) is 3.18. The van der Waals surface area contributed by atoms with Crippen molar-refractivity contribution in [3.05, 3.63) is 0 Å². The van der Waals surface area contributed by atoms with E-state index in [0.29, 0.717) is 0 Å². The Morgan fingerprint density at radius 2 is 1.57 bits per heavy atom. The van der Waals surface area contributed by atoms with Gasteiger partial charge in [-0.2, -0.15) is 0 Å². The van der Waals surface area contributed by atoms with Crippen LogP contribution in [0.5, 0.6) is 0 Å². The summed E-state index contributed by atoms with van der Waals surface area (Å²) < 4.78 is 0. The van der Waals surface area contributed by atoms with Gasteiger partial charge >= 0.3 is 0 Å². The van der Waals surface area contributed by atoms with Crippen LogP contribution in [-0.2, 0) is 0 Å². The second-order valence-corrected chi connectivity index (χ2v) is 2.44. The van der Waals surface area contributed by atoms with Crippen molar-refractivity contribution in [3.63, 3.8) is 0 Å². The number of nitrogens with two attached hydrogens (primary N) is 1. The van der Waals surface area contributed by atoms with Crippen molar-refractivity contribution in [2.45, 2.75) is 26.8 Å². The van der Waals surface area contributed by atoms with Crippen molar-refractivity contribution < 1.29 is 5.32 Å². The highest BCUT2D eigenvalue weighted by molar-refractivity contribution is 4.47. The summed E-state index contributed by atoms with van der Waals surface area (Å²) in [6.07, 6.45) is 0. The van der Waals surface area contributed by atoms with E-state index in [1.54, 1.807) is 0 Å². The normalized spacial score (nSPS) is 15.0. The minimum atomic E-state index is 0.778. The average molecular weight is 102 g/mol. The van der Waals surface area contributed by atoms with E-state index < -0.39 is 0 Å². The first-order valence-electron chi connectivity index (χ1n) is 2.98. The number of quaternary nitrogens is 1. The monoisotopic (exact) mass is 102 g/mol. The third-order valence-electron chi connectivity index (χ3n) is 1.58. The minimum absolute atomic E-state index is 0.778. The molecule has 0 aromatic rings. The number of rotatable bonds is 2. The second kappa shape index (κ2) is 3.03. The molecule has 0 saturated carbocycles. The molecule has 0 aromatic heterocycles. The van der Waals surface area contributed by atoms with Crippen molar-refractivity contribution in [1.82, 2.24) is 0 Å². The van der Waals surface area contributed by atoms with Gasteiger partial charge in [-0.05, 0) is 6.92 Å². The van der Waals surface area contributed by atoms with Crippen LogP contribution in [0.1, 0.15) is 20.8 Å². The zero-order valence-electron chi connectivity index (χ0n) is 5.73. The molecule has 0 amide bonds. The van der Waals surface area contributed by atoms with E-state index >= 15 is 0 Å². The van der Waals surface area contributed by atoms with Crippen LogP contribution in [0.4, 0.5) is 0 Å². The van der Waals surface area contributed by atoms with Gasteiger partial charge in [0, 0.05) is 5.92 Å². The van der Waals surface area contributed by atoms with Crippen LogP contribution < -0.4 is 5.32 Å². The summed E-state index contributed by atoms with van der Waals surface area (Å²) in [4.78, 5) is 0. The molecular weight excluding hydrogens is 86.1 g/mol. The highest BCUT2D eigenvalue weighted by atomic mass is 14.9. The van der Waals surface area contributed by atoms with Gasteiger partial charge in [0.25, 0.3) is 0 Å². The van der Waals surface area contributed by atoms with Crippen molar-refractivity contribution in [2.75, 3.05) is 7.05 Å². The maximum atomic E-state index is 2.24. The average Bonchev–Trinajstić information content (AvgIpc) is 1.65. The van der Waals surface area contributed by atoms with Gasteiger partial charge in [-0.3, -0.25) is 0 Å². The molecule has 1 nitrogen and oxygen atoms in total. The molecule has 0 aromatic carbocycles. The van der Waals surface area contributed by atoms with Gasteiger partial charge in [0.05, 0.1) is 13.1 Å². The molecular formula is C6H16N+. The highest BCUT2D eigenvalue weighted by Crippen LogP contribution is 1.92. The fraction of sp³-hybridized carbons (Fsp3) is 1.00. The van der Waals surface area contributed by atoms with Crippen LogP contribution in [0.25, 0.3) is 0 Å². The predicted molar refractivity (Wildman–Crippen MR) is 32.1 cm³/mol. The molecule has 0 heterocycles. The van der Waals surface area contributed by atoms with E-state index in [1.807, 2.05) is 0 Å². The molecule has 0 unspecified atom stereocenters. The largest absolute Gasteiger partial charge is 0.346 e. The minimum Gasteiger partial charge on any atom is -0.346 e. The third kappa shape index (κ3) is 2.63. The molecule has 0 spiro atoms. The lowest BCUT2D eigenvalue weighted by Gasteiger charge is -2.09. The van der Waals surface area contributed by atoms with Gasteiger partial charge in [0.1, 0.15) is 0 Å². The summed E-state index contributed by atoms with van der Waals surface area (Å²) in [5.41, 5.74) is 0. The third-order valence-corrected chi connectivity index (χ3v) is 1.58. The molecule has 0 saturated heterocycles. The fourth-order valence-electron chi connectivity index (χ4n) is 0.385. The Balaban J connectivity index is 3.14. The molecule has 0 aliphatic rings. The topological polar surface area (TPSA) is 16.6 Å². The molecule has 0 rings (SSSR count). The SMILES string of the molecule is C[NH2+][C@H](C)C(C)C. The Morgan fingerprint density at radius 1 is 1.14 bits per heavy atom. The van der Waals surface area contributed by atoms with Gasteiger partial charge in [0.15, 0.2) is 0 Å². The van der Waals surface area contributed by atoms with Crippen LogP contribution in [0, 0.1) is 5.92 Å². The van der Waals surface area contributed by atoms with Crippen LogP contribution in [0.15, 0.2) is 0 Å². The number of hydrogen-bond donors (Lipinski definition) is 1. The molecule has 0 radical (unpaired) electrons. The zero-order chi connectivity index (χ0) is 5.86. The Hall–Kier alpha value is -0.0400. The van der Waals surface area contributed by atoms with Crippen molar-refractivity contribution in [2.24, 2.45) is 5.92 Å². The van der Waals surface area contributed by atoms with Crippen molar-refractivity contribution in [3.8, 4) is 0 Å². The van der Waals surface area contributed by atoms with E-state index in [9.17, 15) is 0 Å². The Labute approximate surface area is 46.1 Å². The van der Waals surface area contributed by atoms with Crippen LogP contribution in [-0.4, -0.2) is 13.1 Å². The first kappa shape index (κ1) is 6.96. The maximum Gasteiger partial charge on any atom is 0.0851 e. The summed E-state index contributed by atoms with van der Waals surface area (Å²) >= 11 is 0. The summed E-state index contributed by atoms with van der Waals surface area (Å²) in [7, 11) is 2.12. The second-order valence-electron chi connectivity index (χ2n) is 2.44. The summed E-state index contributed by atoms with van der Waals surface area (Å²) in [6.45, 7) is 6.72. The summed E-state index contributed by atoms with van der Waals surface area (Å²) in [6, 6.07) is 0.778. The summed E-state index contributed by atoms with van der Waals surface area (Å²) in [5.74, 6) is 0.810. The van der Waals surface area contributed by atoms with Gasteiger partial charge in [-0.25, -0.2) is 0 Å². The van der Waals surface area contributed by atoms with E-state index in [0.717, 1.165) is 12.0 Å². The quantitative estimate of drug-likeness (QED) is 0.514. The smallest absolute Gasteiger partial charge is 0.0851 e. The molecule has 1 heteroatoms. The molecule has 0 aliphatic carbocycles. The Bertz CT molecular complexity index is 41.4. The Morgan fingerprint density at radius 3 is 1.57 bits per heavy atom. The standard InChI is InChI=1S/C6H15N/c1-5(2)6(3)7-4/h5-7H,1-4H3/p+1/t6-/m1/s1. The molecule has 0 bridgehead atoms. The lowest BCUT2D eigenvalue weighted by Crippen LogP contribution is -2.86. The van der Waals surface area contributed by atoms with Crippen molar-refractivity contribution >= 4 is 0 Å². The summed E-state index contributed by atoms with van der Waals surface area (Å²) in [5, 5.41) is 2.24. The van der Waals surface area contributed by atoms with Crippen LogP contribution in [0.3, 0.4) is 0 Å². The van der Waals surface area contributed by atoms with Gasteiger partial charge in [-0.15, -0.1) is 0 Å². The molecule has 44 valence electrons.